The normalized spacial score (nSPS) is 19.2. The van der Waals surface area contributed by atoms with Crippen molar-refractivity contribution in [3.63, 3.8) is 0 Å². The lowest BCUT2D eigenvalue weighted by Gasteiger charge is -2.36. The fourth-order valence-corrected chi connectivity index (χ4v) is 6.10. The summed E-state index contributed by atoms with van der Waals surface area (Å²) in [5, 5.41) is 0. The molecular formula is C29H36N2O3. The number of amides is 1. The summed E-state index contributed by atoms with van der Waals surface area (Å²) in [5.41, 5.74) is 5.60. The molecule has 5 rings (SSSR count). The predicted octanol–water partition coefficient (Wildman–Crippen LogP) is 4.84. The van der Waals surface area contributed by atoms with Crippen molar-refractivity contribution in [2.75, 3.05) is 31.6 Å². The van der Waals surface area contributed by atoms with E-state index in [-0.39, 0.29) is 11.7 Å². The summed E-state index contributed by atoms with van der Waals surface area (Å²) in [6.45, 7) is 5.28. The monoisotopic (exact) mass is 460 g/mol. The maximum absolute atomic E-state index is 13.1. The van der Waals surface area contributed by atoms with Gasteiger partial charge in [-0.1, -0.05) is 18.2 Å². The number of nitrogens with zero attached hydrogens (tertiary/aromatic N) is 2. The quantitative estimate of drug-likeness (QED) is 0.529. The highest BCUT2D eigenvalue weighted by atomic mass is 16.5. The molecule has 0 bridgehead atoms. The van der Waals surface area contributed by atoms with Gasteiger partial charge in [-0.25, -0.2) is 0 Å². The first kappa shape index (κ1) is 23.1. The van der Waals surface area contributed by atoms with E-state index < -0.39 is 0 Å². The molecule has 0 N–H and O–H groups in total. The van der Waals surface area contributed by atoms with Gasteiger partial charge in [0, 0.05) is 31.0 Å². The molecule has 2 aromatic carbocycles. The van der Waals surface area contributed by atoms with Crippen molar-refractivity contribution in [2.24, 2.45) is 5.92 Å². The number of benzene rings is 2. The van der Waals surface area contributed by atoms with Crippen LogP contribution in [0.5, 0.6) is 5.75 Å². The molecule has 3 heterocycles. The van der Waals surface area contributed by atoms with Crippen molar-refractivity contribution in [2.45, 2.75) is 64.3 Å². The molecule has 5 nitrogen and oxygen atoms in total. The van der Waals surface area contributed by atoms with Gasteiger partial charge in [-0.3, -0.25) is 9.59 Å². The van der Waals surface area contributed by atoms with E-state index in [1.165, 1.54) is 16.7 Å². The molecular weight excluding hydrogens is 424 g/mol. The third kappa shape index (κ3) is 4.63. The minimum atomic E-state index is 0.230. The summed E-state index contributed by atoms with van der Waals surface area (Å²) in [6, 6.07) is 12.9. The zero-order valence-corrected chi connectivity index (χ0v) is 20.5. The number of methoxy groups -OCH3 is 1. The second-order valence-corrected chi connectivity index (χ2v) is 10.2. The van der Waals surface area contributed by atoms with Gasteiger partial charge in [-0.2, -0.15) is 0 Å². The van der Waals surface area contributed by atoms with E-state index >= 15 is 0 Å². The molecule has 34 heavy (non-hydrogen) atoms. The van der Waals surface area contributed by atoms with Crippen molar-refractivity contribution in [1.82, 2.24) is 4.90 Å². The van der Waals surface area contributed by atoms with Crippen LogP contribution in [0.25, 0.3) is 0 Å². The smallest absolute Gasteiger partial charge is 0.227 e. The molecule has 1 amide bonds. The average molecular weight is 461 g/mol. The van der Waals surface area contributed by atoms with Gasteiger partial charge in [0.25, 0.3) is 0 Å². The average Bonchev–Trinajstić information content (AvgIpc) is 3.31. The summed E-state index contributed by atoms with van der Waals surface area (Å²) >= 11 is 0. The number of ketones is 1. The Morgan fingerprint density at radius 2 is 1.79 bits per heavy atom. The number of rotatable bonds is 8. The van der Waals surface area contributed by atoms with Gasteiger partial charge < -0.3 is 14.5 Å². The maximum Gasteiger partial charge on any atom is 0.227 e. The van der Waals surface area contributed by atoms with Crippen LogP contribution < -0.4 is 9.64 Å². The Morgan fingerprint density at radius 3 is 2.56 bits per heavy atom. The van der Waals surface area contributed by atoms with Crippen LogP contribution in [-0.4, -0.2) is 49.4 Å². The summed E-state index contributed by atoms with van der Waals surface area (Å²) < 4.78 is 5.53. The second-order valence-electron chi connectivity index (χ2n) is 10.2. The van der Waals surface area contributed by atoms with Gasteiger partial charge in [0.1, 0.15) is 5.75 Å². The number of carbonyl (C=O) groups excluding carboxylic acids is 2. The Balaban J connectivity index is 1.12. The molecule has 0 saturated carbocycles. The first-order valence-electron chi connectivity index (χ1n) is 12.9. The standard InChI is InChI=1S/C29H36N2O3/c1-20(17-22-5-3-4-6-27(22)34-2)30-14-11-21(12-15-30)7-9-26(32)25-18-23-8-10-28(33)31-16-13-24(19-25)29(23)31/h3-6,18-21H,7-17H2,1-2H3. The van der Waals surface area contributed by atoms with E-state index in [9.17, 15) is 9.59 Å². The fourth-order valence-electron chi connectivity index (χ4n) is 6.10. The highest BCUT2D eigenvalue weighted by molar-refractivity contribution is 6.02. The van der Waals surface area contributed by atoms with Crippen LogP contribution in [-0.2, 0) is 24.1 Å². The molecule has 0 radical (unpaired) electrons. The SMILES string of the molecule is COc1ccccc1CC(C)N1CCC(CCC(=O)c2cc3c4c(c2)CCN4C(=O)CC3)CC1. The number of para-hydroxylation sites is 1. The number of carbonyl (C=O) groups is 2. The topological polar surface area (TPSA) is 49.9 Å². The van der Waals surface area contributed by atoms with Gasteiger partial charge >= 0.3 is 0 Å². The summed E-state index contributed by atoms with van der Waals surface area (Å²) in [5.74, 6) is 2.09. The number of hydrogen-bond acceptors (Lipinski definition) is 4. The van der Waals surface area contributed by atoms with E-state index in [4.69, 9.17) is 4.74 Å². The van der Waals surface area contributed by atoms with Crippen molar-refractivity contribution in [1.29, 1.82) is 0 Å². The van der Waals surface area contributed by atoms with Crippen LogP contribution in [0.3, 0.4) is 0 Å². The van der Waals surface area contributed by atoms with Crippen molar-refractivity contribution in [3.05, 3.63) is 58.7 Å². The maximum atomic E-state index is 13.1. The van der Waals surface area contributed by atoms with Crippen LogP contribution in [0.4, 0.5) is 5.69 Å². The molecule has 1 saturated heterocycles. The molecule has 1 unspecified atom stereocenters. The van der Waals surface area contributed by atoms with Crippen LogP contribution >= 0.6 is 0 Å². The zero-order valence-electron chi connectivity index (χ0n) is 20.5. The third-order valence-corrected chi connectivity index (χ3v) is 8.13. The minimum Gasteiger partial charge on any atom is -0.496 e. The van der Waals surface area contributed by atoms with E-state index in [0.717, 1.165) is 75.2 Å². The zero-order chi connectivity index (χ0) is 23.7. The number of Topliss-reactive ketones (excluding diaryl/α,β-unsaturated/α-hetero) is 1. The number of ether oxygens (including phenoxy) is 1. The van der Waals surface area contributed by atoms with Gasteiger partial charge in [-0.05, 0) is 99.3 Å². The number of aryl methyl sites for hydroxylation is 1. The van der Waals surface area contributed by atoms with Crippen LogP contribution in [0.15, 0.2) is 36.4 Å². The Kier molecular flexibility index (Phi) is 6.73. The molecule has 5 heteroatoms. The summed E-state index contributed by atoms with van der Waals surface area (Å²) in [7, 11) is 1.74. The summed E-state index contributed by atoms with van der Waals surface area (Å²) in [6.07, 6.45) is 7.14. The molecule has 3 aliphatic rings. The number of hydrogen-bond donors (Lipinski definition) is 0. The van der Waals surface area contributed by atoms with E-state index in [2.05, 4.69) is 36.1 Å². The van der Waals surface area contributed by atoms with E-state index in [1.807, 2.05) is 17.0 Å². The van der Waals surface area contributed by atoms with Crippen molar-refractivity contribution < 1.29 is 14.3 Å². The molecule has 0 aliphatic carbocycles. The lowest BCUT2D eigenvalue weighted by molar-refractivity contribution is -0.118. The van der Waals surface area contributed by atoms with Crippen molar-refractivity contribution in [3.8, 4) is 5.75 Å². The van der Waals surface area contributed by atoms with E-state index in [0.29, 0.717) is 24.8 Å². The lowest BCUT2D eigenvalue weighted by Crippen LogP contribution is -2.41. The van der Waals surface area contributed by atoms with Gasteiger partial charge in [-0.15, -0.1) is 0 Å². The predicted molar refractivity (Wildman–Crippen MR) is 135 cm³/mol. The molecule has 2 aromatic rings. The summed E-state index contributed by atoms with van der Waals surface area (Å²) in [4.78, 5) is 29.7. The first-order chi connectivity index (χ1) is 16.5. The van der Waals surface area contributed by atoms with Gasteiger partial charge in [0.05, 0.1) is 12.8 Å². The highest BCUT2D eigenvalue weighted by Crippen LogP contribution is 2.38. The van der Waals surface area contributed by atoms with Gasteiger partial charge in [0.15, 0.2) is 5.78 Å². The van der Waals surface area contributed by atoms with Crippen LogP contribution in [0, 0.1) is 5.92 Å². The largest absolute Gasteiger partial charge is 0.496 e. The molecule has 0 spiro atoms. The van der Waals surface area contributed by atoms with Gasteiger partial charge in [0.2, 0.25) is 5.91 Å². The molecule has 1 atom stereocenters. The first-order valence-corrected chi connectivity index (χ1v) is 12.9. The Hall–Kier alpha value is -2.66. The molecule has 0 aromatic heterocycles. The van der Waals surface area contributed by atoms with E-state index in [1.54, 1.807) is 7.11 Å². The second kappa shape index (κ2) is 9.91. The number of piperidine rings is 1. The fraction of sp³-hybridized carbons (Fsp3) is 0.517. The Morgan fingerprint density at radius 1 is 1.06 bits per heavy atom. The third-order valence-electron chi connectivity index (χ3n) is 8.13. The molecule has 180 valence electrons. The Labute approximate surface area is 203 Å². The highest BCUT2D eigenvalue weighted by Gasteiger charge is 2.32. The lowest BCUT2D eigenvalue weighted by atomic mass is 9.88. The Bertz CT molecular complexity index is 1070. The van der Waals surface area contributed by atoms with Crippen LogP contribution in [0.2, 0.25) is 0 Å². The number of likely N-dealkylation sites (tertiary alicyclic amines) is 1. The molecule has 1 fully saturated rings. The molecule has 3 aliphatic heterocycles. The van der Waals surface area contributed by atoms with Crippen LogP contribution in [0.1, 0.15) is 66.1 Å². The number of anilines is 1. The minimum absolute atomic E-state index is 0.230. The van der Waals surface area contributed by atoms with Crippen molar-refractivity contribution >= 4 is 17.4 Å².